The Morgan fingerprint density at radius 1 is 1.33 bits per heavy atom. The van der Waals surface area contributed by atoms with Crippen LogP contribution in [-0.4, -0.2) is 11.8 Å². The number of imidazole rings is 1. The standard InChI is InChI=1S/C9H11N2O/c1-10-7-11(12-2)9-6-4-3-5-8(9)10/h3-7H,1-2H3/q+1. The molecule has 0 unspecified atom stereocenters. The number of para-hydroxylation sites is 2. The highest BCUT2D eigenvalue weighted by Gasteiger charge is 2.11. The summed E-state index contributed by atoms with van der Waals surface area (Å²) in [5, 5.41) is 0. The second kappa shape index (κ2) is 2.52. The van der Waals surface area contributed by atoms with Gasteiger partial charge in [0.1, 0.15) is 7.11 Å². The van der Waals surface area contributed by atoms with Crippen molar-refractivity contribution in [2.45, 2.75) is 0 Å². The first-order chi connectivity index (χ1) is 5.83. The highest BCUT2D eigenvalue weighted by atomic mass is 16.6. The summed E-state index contributed by atoms with van der Waals surface area (Å²) in [6.45, 7) is 0. The van der Waals surface area contributed by atoms with Gasteiger partial charge in [-0.15, -0.1) is 0 Å². The second-order valence-electron chi connectivity index (χ2n) is 2.72. The number of fused-ring (bicyclic) bond motifs is 1. The molecule has 3 heteroatoms. The summed E-state index contributed by atoms with van der Waals surface area (Å²) in [7, 11) is 3.66. The summed E-state index contributed by atoms with van der Waals surface area (Å²) in [5.41, 5.74) is 2.25. The number of aryl methyl sites for hydroxylation is 1. The second-order valence-corrected chi connectivity index (χ2v) is 2.72. The van der Waals surface area contributed by atoms with Crippen LogP contribution >= 0.6 is 0 Å². The van der Waals surface area contributed by atoms with E-state index in [0.717, 1.165) is 5.52 Å². The molecule has 0 fully saturated rings. The molecule has 0 radical (unpaired) electrons. The first kappa shape index (κ1) is 7.16. The van der Waals surface area contributed by atoms with Crippen molar-refractivity contribution < 1.29 is 9.40 Å². The smallest absolute Gasteiger partial charge is 0.285 e. The summed E-state index contributed by atoms with van der Waals surface area (Å²) in [6, 6.07) is 8.10. The molecule has 0 spiro atoms. The van der Waals surface area contributed by atoms with Gasteiger partial charge in [0.25, 0.3) is 6.33 Å². The Morgan fingerprint density at radius 2 is 2.08 bits per heavy atom. The molecule has 0 atom stereocenters. The van der Waals surface area contributed by atoms with Crippen LogP contribution in [0.2, 0.25) is 0 Å². The minimum absolute atomic E-state index is 1.09. The summed E-state index contributed by atoms with van der Waals surface area (Å²) in [6.07, 6.45) is 1.91. The third kappa shape index (κ3) is 0.863. The highest BCUT2D eigenvalue weighted by Crippen LogP contribution is 2.07. The lowest BCUT2D eigenvalue weighted by Crippen LogP contribution is -2.25. The predicted octanol–water partition coefficient (Wildman–Crippen LogP) is 0.524. The molecule has 62 valence electrons. The Balaban J connectivity index is 2.82. The average molecular weight is 163 g/mol. The molecule has 0 aliphatic carbocycles. The van der Waals surface area contributed by atoms with E-state index in [9.17, 15) is 0 Å². The number of hydrogen-bond acceptors (Lipinski definition) is 1. The predicted molar refractivity (Wildman–Crippen MR) is 45.6 cm³/mol. The summed E-state index contributed by atoms with van der Waals surface area (Å²) < 4.78 is 3.77. The SMILES string of the molecule is COn1c[n+](C)c2ccccc21. The molecular weight excluding hydrogens is 152 g/mol. The van der Waals surface area contributed by atoms with Crippen LogP contribution in [0.25, 0.3) is 11.0 Å². The fourth-order valence-corrected chi connectivity index (χ4v) is 1.38. The van der Waals surface area contributed by atoms with Crippen LogP contribution in [-0.2, 0) is 7.05 Å². The molecule has 3 nitrogen and oxygen atoms in total. The van der Waals surface area contributed by atoms with E-state index in [-0.39, 0.29) is 0 Å². The van der Waals surface area contributed by atoms with Crippen molar-refractivity contribution in [3.8, 4) is 0 Å². The first-order valence-corrected chi connectivity index (χ1v) is 3.83. The van der Waals surface area contributed by atoms with Crippen LogP contribution in [0.5, 0.6) is 0 Å². The van der Waals surface area contributed by atoms with Crippen molar-refractivity contribution in [2.75, 3.05) is 7.11 Å². The molecule has 0 amide bonds. The molecular formula is C9H11N2O+. The number of aromatic nitrogens is 2. The topological polar surface area (TPSA) is 18.0 Å². The van der Waals surface area contributed by atoms with Crippen molar-refractivity contribution in [1.82, 2.24) is 4.73 Å². The van der Waals surface area contributed by atoms with E-state index in [1.807, 2.05) is 36.1 Å². The van der Waals surface area contributed by atoms with E-state index in [1.54, 1.807) is 11.8 Å². The van der Waals surface area contributed by atoms with Crippen LogP contribution in [0.15, 0.2) is 30.6 Å². The van der Waals surface area contributed by atoms with Crippen LogP contribution in [0.4, 0.5) is 0 Å². The van der Waals surface area contributed by atoms with Gasteiger partial charge in [0.2, 0.25) is 5.52 Å². The van der Waals surface area contributed by atoms with Crippen LogP contribution < -0.4 is 9.40 Å². The Labute approximate surface area is 70.8 Å². The first-order valence-electron chi connectivity index (χ1n) is 3.83. The zero-order valence-electron chi connectivity index (χ0n) is 7.19. The van der Waals surface area contributed by atoms with E-state index >= 15 is 0 Å². The van der Waals surface area contributed by atoms with Crippen molar-refractivity contribution >= 4 is 11.0 Å². The molecule has 1 aromatic carbocycles. The van der Waals surface area contributed by atoms with Gasteiger partial charge in [-0.3, -0.25) is 0 Å². The highest BCUT2D eigenvalue weighted by molar-refractivity contribution is 5.71. The molecule has 0 N–H and O–H groups in total. The minimum Gasteiger partial charge on any atom is -0.339 e. The van der Waals surface area contributed by atoms with Crippen molar-refractivity contribution in [1.29, 1.82) is 0 Å². The molecule has 0 aliphatic heterocycles. The van der Waals surface area contributed by atoms with Gasteiger partial charge in [-0.1, -0.05) is 12.1 Å². The van der Waals surface area contributed by atoms with Gasteiger partial charge in [0.05, 0.1) is 7.05 Å². The molecule has 2 aromatic rings. The molecule has 1 aromatic heterocycles. The average Bonchev–Trinajstić information content (AvgIpc) is 2.44. The van der Waals surface area contributed by atoms with E-state index < -0.39 is 0 Å². The summed E-state index contributed by atoms with van der Waals surface area (Å²) in [4.78, 5) is 5.14. The fraction of sp³-hybridized carbons (Fsp3) is 0.222. The van der Waals surface area contributed by atoms with Crippen LogP contribution in [0.3, 0.4) is 0 Å². The fourth-order valence-electron chi connectivity index (χ4n) is 1.38. The molecule has 0 bridgehead atoms. The summed E-state index contributed by atoms with van der Waals surface area (Å²) >= 11 is 0. The molecule has 1 heterocycles. The maximum absolute atomic E-state index is 5.14. The Kier molecular flexibility index (Phi) is 1.50. The number of rotatable bonds is 1. The minimum atomic E-state index is 1.09. The van der Waals surface area contributed by atoms with Gasteiger partial charge in [-0.05, 0) is 16.9 Å². The molecule has 0 saturated carbocycles. The van der Waals surface area contributed by atoms with E-state index in [4.69, 9.17) is 4.84 Å². The lowest BCUT2D eigenvalue weighted by Gasteiger charge is -1.89. The third-order valence-corrected chi connectivity index (χ3v) is 1.97. The largest absolute Gasteiger partial charge is 0.339 e. The van der Waals surface area contributed by atoms with Gasteiger partial charge in [0, 0.05) is 0 Å². The zero-order chi connectivity index (χ0) is 8.55. The van der Waals surface area contributed by atoms with E-state index in [2.05, 4.69) is 6.07 Å². The molecule has 0 saturated heterocycles. The third-order valence-electron chi connectivity index (χ3n) is 1.97. The van der Waals surface area contributed by atoms with Gasteiger partial charge in [0.15, 0.2) is 5.52 Å². The van der Waals surface area contributed by atoms with Gasteiger partial charge >= 0.3 is 0 Å². The molecule has 12 heavy (non-hydrogen) atoms. The lowest BCUT2D eigenvalue weighted by atomic mass is 10.3. The normalized spacial score (nSPS) is 10.5. The Hall–Kier alpha value is -1.51. The van der Waals surface area contributed by atoms with E-state index in [1.165, 1.54) is 5.52 Å². The maximum atomic E-state index is 5.14. The van der Waals surface area contributed by atoms with Gasteiger partial charge in [-0.25, -0.2) is 4.57 Å². The van der Waals surface area contributed by atoms with Crippen molar-refractivity contribution in [2.24, 2.45) is 7.05 Å². The van der Waals surface area contributed by atoms with Gasteiger partial charge in [-0.2, -0.15) is 0 Å². The van der Waals surface area contributed by atoms with Gasteiger partial charge < -0.3 is 4.84 Å². The summed E-state index contributed by atoms with van der Waals surface area (Å²) in [5.74, 6) is 0. The van der Waals surface area contributed by atoms with Crippen molar-refractivity contribution in [3.63, 3.8) is 0 Å². The Bertz CT molecular complexity index is 406. The lowest BCUT2D eigenvalue weighted by molar-refractivity contribution is -0.647. The molecule has 2 rings (SSSR count). The van der Waals surface area contributed by atoms with E-state index in [0.29, 0.717) is 0 Å². The number of nitrogens with zero attached hydrogens (tertiary/aromatic N) is 2. The zero-order valence-corrected chi connectivity index (χ0v) is 7.19. The van der Waals surface area contributed by atoms with Crippen LogP contribution in [0, 0.1) is 0 Å². The number of hydrogen-bond donors (Lipinski definition) is 0. The van der Waals surface area contributed by atoms with Crippen LogP contribution in [0.1, 0.15) is 0 Å². The monoisotopic (exact) mass is 163 g/mol. The van der Waals surface area contributed by atoms with Crippen molar-refractivity contribution in [3.05, 3.63) is 30.6 Å². The maximum Gasteiger partial charge on any atom is 0.285 e. The Morgan fingerprint density at radius 3 is 2.83 bits per heavy atom. The number of benzene rings is 1. The quantitative estimate of drug-likeness (QED) is 0.561. The molecule has 0 aliphatic rings.